The highest BCUT2D eigenvalue weighted by atomic mass is 16.5. The van der Waals surface area contributed by atoms with E-state index in [9.17, 15) is 0 Å². The standard InChI is InChI=1S/C10H19N3O/c1-4-10(11-2)9-7-12-13(8-9)5-6-14-3/h7-8,10-11H,4-6H2,1-3H3. The van der Waals surface area contributed by atoms with Gasteiger partial charge in [0.1, 0.15) is 0 Å². The van der Waals surface area contributed by atoms with E-state index in [1.807, 2.05) is 17.9 Å². The topological polar surface area (TPSA) is 39.1 Å². The lowest BCUT2D eigenvalue weighted by Crippen LogP contribution is -2.14. The van der Waals surface area contributed by atoms with Crippen LogP contribution in [0.5, 0.6) is 0 Å². The van der Waals surface area contributed by atoms with Crippen LogP contribution in [0.1, 0.15) is 24.9 Å². The molecular formula is C10H19N3O. The molecule has 14 heavy (non-hydrogen) atoms. The summed E-state index contributed by atoms with van der Waals surface area (Å²) in [7, 11) is 3.67. The molecule has 0 saturated heterocycles. The quantitative estimate of drug-likeness (QED) is 0.744. The van der Waals surface area contributed by atoms with E-state index in [2.05, 4.69) is 23.5 Å². The molecule has 0 fully saturated rings. The van der Waals surface area contributed by atoms with Crippen LogP contribution in [0.25, 0.3) is 0 Å². The molecule has 0 aromatic carbocycles. The van der Waals surface area contributed by atoms with E-state index >= 15 is 0 Å². The molecule has 0 spiro atoms. The molecule has 0 radical (unpaired) electrons. The van der Waals surface area contributed by atoms with Gasteiger partial charge in [-0.05, 0) is 13.5 Å². The molecule has 1 aromatic rings. The second-order valence-electron chi connectivity index (χ2n) is 3.28. The van der Waals surface area contributed by atoms with Crippen molar-refractivity contribution in [1.82, 2.24) is 15.1 Å². The van der Waals surface area contributed by atoms with Crippen LogP contribution in [0.15, 0.2) is 12.4 Å². The van der Waals surface area contributed by atoms with Gasteiger partial charge in [-0.2, -0.15) is 5.10 Å². The van der Waals surface area contributed by atoms with Crippen LogP contribution >= 0.6 is 0 Å². The van der Waals surface area contributed by atoms with Crippen molar-refractivity contribution >= 4 is 0 Å². The first kappa shape index (κ1) is 11.2. The fraction of sp³-hybridized carbons (Fsp3) is 0.700. The lowest BCUT2D eigenvalue weighted by atomic mass is 10.1. The Morgan fingerprint density at radius 1 is 1.64 bits per heavy atom. The molecule has 4 heteroatoms. The number of rotatable bonds is 6. The van der Waals surface area contributed by atoms with Gasteiger partial charge >= 0.3 is 0 Å². The molecule has 1 unspecified atom stereocenters. The smallest absolute Gasteiger partial charge is 0.0658 e. The lowest BCUT2D eigenvalue weighted by molar-refractivity contribution is 0.183. The van der Waals surface area contributed by atoms with Gasteiger partial charge < -0.3 is 10.1 Å². The van der Waals surface area contributed by atoms with Crippen molar-refractivity contribution in [1.29, 1.82) is 0 Å². The summed E-state index contributed by atoms with van der Waals surface area (Å²) >= 11 is 0. The first-order valence-electron chi connectivity index (χ1n) is 5.00. The number of nitrogens with zero attached hydrogens (tertiary/aromatic N) is 2. The Kier molecular flexibility index (Phi) is 4.62. The largest absolute Gasteiger partial charge is 0.383 e. The Balaban J connectivity index is 2.57. The highest BCUT2D eigenvalue weighted by molar-refractivity contribution is 5.09. The van der Waals surface area contributed by atoms with Crippen LogP contribution in [0, 0.1) is 0 Å². The van der Waals surface area contributed by atoms with Crippen LogP contribution in [0.2, 0.25) is 0 Å². The summed E-state index contributed by atoms with van der Waals surface area (Å²) in [5, 5.41) is 7.52. The Morgan fingerprint density at radius 2 is 2.43 bits per heavy atom. The minimum absolute atomic E-state index is 0.409. The van der Waals surface area contributed by atoms with E-state index in [-0.39, 0.29) is 0 Å². The van der Waals surface area contributed by atoms with Crippen molar-refractivity contribution in [2.75, 3.05) is 20.8 Å². The summed E-state index contributed by atoms with van der Waals surface area (Å²) in [6.45, 7) is 3.68. The molecule has 0 aliphatic rings. The molecule has 4 nitrogen and oxygen atoms in total. The Hall–Kier alpha value is -0.870. The monoisotopic (exact) mass is 197 g/mol. The first-order valence-corrected chi connectivity index (χ1v) is 5.00. The number of ether oxygens (including phenoxy) is 1. The minimum atomic E-state index is 0.409. The van der Waals surface area contributed by atoms with Gasteiger partial charge in [0.05, 0.1) is 19.3 Å². The zero-order chi connectivity index (χ0) is 10.4. The van der Waals surface area contributed by atoms with Crippen LogP contribution in [-0.4, -0.2) is 30.5 Å². The van der Waals surface area contributed by atoms with Crippen LogP contribution in [0.4, 0.5) is 0 Å². The second-order valence-corrected chi connectivity index (χ2v) is 3.28. The molecule has 1 N–H and O–H groups in total. The maximum atomic E-state index is 4.99. The summed E-state index contributed by atoms with van der Waals surface area (Å²) in [5.74, 6) is 0. The number of hydrogen-bond donors (Lipinski definition) is 1. The van der Waals surface area contributed by atoms with Crippen LogP contribution in [0.3, 0.4) is 0 Å². The second kappa shape index (κ2) is 5.78. The molecular weight excluding hydrogens is 178 g/mol. The Bertz CT molecular complexity index is 256. The van der Waals surface area contributed by atoms with E-state index in [1.54, 1.807) is 7.11 Å². The van der Waals surface area contributed by atoms with Crippen molar-refractivity contribution < 1.29 is 4.74 Å². The van der Waals surface area contributed by atoms with E-state index in [4.69, 9.17) is 4.74 Å². The Labute approximate surface area is 85.3 Å². The molecule has 1 heterocycles. The molecule has 0 aliphatic carbocycles. The third kappa shape index (κ3) is 2.82. The highest BCUT2D eigenvalue weighted by Crippen LogP contribution is 2.14. The summed E-state index contributed by atoms with van der Waals surface area (Å²) in [5.41, 5.74) is 1.24. The van der Waals surface area contributed by atoms with Crippen molar-refractivity contribution in [3.8, 4) is 0 Å². The van der Waals surface area contributed by atoms with Gasteiger partial charge in [0.2, 0.25) is 0 Å². The van der Waals surface area contributed by atoms with Crippen molar-refractivity contribution in [3.05, 3.63) is 18.0 Å². The fourth-order valence-corrected chi connectivity index (χ4v) is 1.47. The number of nitrogens with one attached hydrogen (secondary N) is 1. The predicted octanol–water partition coefficient (Wildman–Crippen LogP) is 1.20. The van der Waals surface area contributed by atoms with Crippen LogP contribution < -0.4 is 5.32 Å². The van der Waals surface area contributed by atoms with Crippen molar-refractivity contribution in [3.63, 3.8) is 0 Å². The van der Waals surface area contributed by atoms with Gasteiger partial charge in [0.15, 0.2) is 0 Å². The van der Waals surface area contributed by atoms with E-state index < -0.39 is 0 Å². The average Bonchev–Trinajstić information content (AvgIpc) is 2.65. The minimum Gasteiger partial charge on any atom is -0.383 e. The summed E-state index contributed by atoms with van der Waals surface area (Å²) in [6.07, 6.45) is 5.07. The maximum absolute atomic E-state index is 4.99. The van der Waals surface area contributed by atoms with Gasteiger partial charge in [-0.25, -0.2) is 0 Å². The summed E-state index contributed by atoms with van der Waals surface area (Å²) < 4.78 is 6.91. The van der Waals surface area contributed by atoms with Gasteiger partial charge in [-0.1, -0.05) is 6.92 Å². The molecule has 1 rings (SSSR count). The Morgan fingerprint density at radius 3 is 3.00 bits per heavy atom. The maximum Gasteiger partial charge on any atom is 0.0658 e. The van der Waals surface area contributed by atoms with Gasteiger partial charge in [0, 0.05) is 24.9 Å². The number of methoxy groups -OCH3 is 1. The normalized spacial score (nSPS) is 13.1. The number of hydrogen-bond acceptors (Lipinski definition) is 3. The van der Waals surface area contributed by atoms with Crippen molar-refractivity contribution in [2.45, 2.75) is 25.9 Å². The van der Waals surface area contributed by atoms with E-state index in [1.165, 1.54) is 5.56 Å². The molecule has 0 bridgehead atoms. The van der Waals surface area contributed by atoms with Crippen molar-refractivity contribution in [2.24, 2.45) is 0 Å². The third-order valence-electron chi connectivity index (χ3n) is 2.34. The molecule has 0 saturated carbocycles. The molecule has 0 aliphatic heterocycles. The average molecular weight is 197 g/mol. The van der Waals surface area contributed by atoms with Gasteiger partial charge in [0.25, 0.3) is 0 Å². The van der Waals surface area contributed by atoms with Gasteiger partial charge in [-0.15, -0.1) is 0 Å². The predicted molar refractivity (Wildman–Crippen MR) is 56.2 cm³/mol. The molecule has 1 atom stereocenters. The van der Waals surface area contributed by atoms with E-state index in [0.29, 0.717) is 12.6 Å². The summed E-state index contributed by atoms with van der Waals surface area (Å²) in [6, 6.07) is 0.409. The third-order valence-corrected chi connectivity index (χ3v) is 2.34. The van der Waals surface area contributed by atoms with E-state index in [0.717, 1.165) is 13.0 Å². The molecule has 0 amide bonds. The summed E-state index contributed by atoms with van der Waals surface area (Å²) in [4.78, 5) is 0. The molecule has 80 valence electrons. The fourth-order valence-electron chi connectivity index (χ4n) is 1.47. The highest BCUT2D eigenvalue weighted by Gasteiger charge is 2.08. The van der Waals surface area contributed by atoms with Gasteiger partial charge in [-0.3, -0.25) is 4.68 Å². The van der Waals surface area contributed by atoms with Crippen LogP contribution in [-0.2, 0) is 11.3 Å². The zero-order valence-electron chi connectivity index (χ0n) is 9.16. The zero-order valence-corrected chi connectivity index (χ0v) is 9.16. The first-order chi connectivity index (χ1) is 6.81. The SMILES string of the molecule is CCC(NC)c1cnn(CCOC)c1. The molecule has 1 aromatic heterocycles. The number of aromatic nitrogens is 2. The lowest BCUT2D eigenvalue weighted by Gasteiger charge is -2.10.